The molecule has 8 heteroatoms. The molecule has 0 aliphatic carbocycles. The molecule has 0 bridgehead atoms. The number of nitrogens with one attached hydrogen (secondary N) is 1. The van der Waals surface area contributed by atoms with Crippen molar-refractivity contribution in [3.63, 3.8) is 0 Å². The van der Waals surface area contributed by atoms with Crippen LogP contribution in [-0.4, -0.2) is 41.0 Å². The molecular formula is C11H18N2O4S2. The van der Waals surface area contributed by atoms with Gasteiger partial charge in [0.05, 0.1) is 10.6 Å². The fourth-order valence-electron chi connectivity index (χ4n) is 1.39. The van der Waals surface area contributed by atoms with E-state index in [1.54, 1.807) is 13.0 Å². The summed E-state index contributed by atoms with van der Waals surface area (Å²) in [5, 5.41) is 0. The standard InChI is InChI=1S/C11H18N2O4S2/c1-5-18(14,15)12-10-7-6-9(2)11(8-10)19(16,17)13(3)4/h6-8,12H,5H2,1-4H3. The van der Waals surface area contributed by atoms with Crippen LogP contribution in [0.4, 0.5) is 5.69 Å². The molecular weight excluding hydrogens is 288 g/mol. The Morgan fingerprint density at radius 1 is 1.16 bits per heavy atom. The molecule has 0 saturated carbocycles. The van der Waals surface area contributed by atoms with E-state index in [1.807, 2.05) is 0 Å². The van der Waals surface area contributed by atoms with Gasteiger partial charge in [-0.2, -0.15) is 0 Å². The second-order valence-corrected chi connectivity index (χ2v) is 8.40. The van der Waals surface area contributed by atoms with Crippen LogP contribution in [0, 0.1) is 6.92 Å². The zero-order chi connectivity index (χ0) is 14.8. The van der Waals surface area contributed by atoms with E-state index in [4.69, 9.17) is 0 Å². The van der Waals surface area contributed by atoms with Crippen molar-refractivity contribution >= 4 is 25.7 Å². The van der Waals surface area contributed by atoms with E-state index in [-0.39, 0.29) is 16.3 Å². The normalized spacial score (nSPS) is 12.7. The number of rotatable bonds is 5. The molecule has 1 N–H and O–H groups in total. The number of benzene rings is 1. The molecule has 19 heavy (non-hydrogen) atoms. The number of hydrogen-bond acceptors (Lipinski definition) is 4. The fourth-order valence-corrected chi connectivity index (χ4v) is 3.16. The Bertz CT molecular complexity index is 664. The van der Waals surface area contributed by atoms with Crippen LogP contribution in [0.3, 0.4) is 0 Å². The van der Waals surface area contributed by atoms with Crippen molar-refractivity contribution in [1.29, 1.82) is 0 Å². The highest BCUT2D eigenvalue weighted by Crippen LogP contribution is 2.22. The molecule has 6 nitrogen and oxygen atoms in total. The summed E-state index contributed by atoms with van der Waals surface area (Å²) in [7, 11) is -4.16. The molecule has 0 aromatic heterocycles. The van der Waals surface area contributed by atoms with Gasteiger partial charge in [-0.15, -0.1) is 0 Å². The van der Waals surface area contributed by atoms with Crippen LogP contribution in [0.5, 0.6) is 0 Å². The number of nitrogens with zero attached hydrogens (tertiary/aromatic N) is 1. The van der Waals surface area contributed by atoms with E-state index in [2.05, 4.69) is 4.72 Å². The maximum Gasteiger partial charge on any atom is 0.242 e. The Kier molecular flexibility index (Phi) is 4.59. The largest absolute Gasteiger partial charge is 0.284 e. The van der Waals surface area contributed by atoms with E-state index in [0.717, 1.165) is 4.31 Å². The molecule has 0 heterocycles. The van der Waals surface area contributed by atoms with E-state index in [9.17, 15) is 16.8 Å². The zero-order valence-corrected chi connectivity index (χ0v) is 13.0. The number of anilines is 1. The zero-order valence-electron chi connectivity index (χ0n) is 11.3. The topological polar surface area (TPSA) is 83.5 Å². The number of aryl methyl sites for hydroxylation is 1. The second kappa shape index (κ2) is 5.48. The van der Waals surface area contributed by atoms with Crippen LogP contribution in [0.1, 0.15) is 12.5 Å². The number of sulfonamides is 2. The monoisotopic (exact) mass is 306 g/mol. The van der Waals surface area contributed by atoms with Gasteiger partial charge in [-0.3, -0.25) is 4.72 Å². The molecule has 0 unspecified atom stereocenters. The molecule has 0 spiro atoms. The van der Waals surface area contributed by atoms with Crippen LogP contribution >= 0.6 is 0 Å². The predicted molar refractivity (Wildman–Crippen MR) is 75.1 cm³/mol. The Morgan fingerprint density at radius 3 is 2.21 bits per heavy atom. The van der Waals surface area contributed by atoms with E-state index in [0.29, 0.717) is 5.56 Å². The van der Waals surface area contributed by atoms with E-state index >= 15 is 0 Å². The van der Waals surface area contributed by atoms with Gasteiger partial charge >= 0.3 is 0 Å². The predicted octanol–water partition coefficient (Wildman–Crippen LogP) is 1.01. The summed E-state index contributed by atoms with van der Waals surface area (Å²) in [5.41, 5.74) is 0.807. The van der Waals surface area contributed by atoms with E-state index in [1.165, 1.54) is 33.2 Å². The van der Waals surface area contributed by atoms with Crippen LogP contribution in [0.2, 0.25) is 0 Å². The van der Waals surface area contributed by atoms with Gasteiger partial charge in [0.1, 0.15) is 0 Å². The lowest BCUT2D eigenvalue weighted by Gasteiger charge is -2.15. The van der Waals surface area contributed by atoms with Crippen molar-refractivity contribution in [1.82, 2.24) is 4.31 Å². The molecule has 1 rings (SSSR count). The Hall–Kier alpha value is -1.12. The Labute approximate surface area is 114 Å². The van der Waals surface area contributed by atoms with Gasteiger partial charge in [-0.25, -0.2) is 21.1 Å². The van der Waals surface area contributed by atoms with Crippen molar-refractivity contribution in [2.75, 3.05) is 24.6 Å². The summed E-state index contributed by atoms with van der Waals surface area (Å²) >= 11 is 0. The first-order chi connectivity index (χ1) is 8.60. The summed E-state index contributed by atoms with van der Waals surface area (Å²) in [5.74, 6) is -0.0728. The highest BCUT2D eigenvalue weighted by molar-refractivity contribution is 7.92. The summed E-state index contributed by atoms with van der Waals surface area (Å²) in [6, 6.07) is 4.44. The summed E-state index contributed by atoms with van der Waals surface area (Å²) in [6.45, 7) is 3.17. The van der Waals surface area contributed by atoms with Crippen molar-refractivity contribution < 1.29 is 16.8 Å². The first-order valence-corrected chi connectivity index (χ1v) is 8.73. The first-order valence-electron chi connectivity index (χ1n) is 5.64. The van der Waals surface area contributed by atoms with Crippen LogP contribution in [0.15, 0.2) is 23.1 Å². The average Bonchev–Trinajstić information content (AvgIpc) is 2.31. The molecule has 0 radical (unpaired) electrons. The van der Waals surface area contributed by atoms with Gasteiger partial charge < -0.3 is 0 Å². The summed E-state index contributed by atoms with van der Waals surface area (Å²) in [4.78, 5) is 0.0915. The van der Waals surface area contributed by atoms with Gasteiger partial charge in [0, 0.05) is 19.8 Å². The quantitative estimate of drug-likeness (QED) is 0.880. The maximum atomic E-state index is 12.1. The summed E-state index contributed by atoms with van der Waals surface area (Å²) in [6.07, 6.45) is 0. The lowest BCUT2D eigenvalue weighted by Crippen LogP contribution is -2.23. The fraction of sp³-hybridized carbons (Fsp3) is 0.455. The van der Waals surface area contributed by atoms with Crippen LogP contribution < -0.4 is 4.72 Å². The molecule has 1 aromatic rings. The van der Waals surface area contributed by atoms with Crippen molar-refractivity contribution in [2.24, 2.45) is 0 Å². The minimum atomic E-state index is -3.59. The van der Waals surface area contributed by atoms with Crippen molar-refractivity contribution in [2.45, 2.75) is 18.7 Å². The van der Waals surface area contributed by atoms with Crippen LogP contribution in [-0.2, 0) is 20.0 Å². The van der Waals surface area contributed by atoms with Gasteiger partial charge in [0.2, 0.25) is 20.0 Å². The highest BCUT2D eigenvalue weighted by Gasteiger charge is 2.20. The summed E-state index contributed by atoms with van der Waals surface area (Å²) < 4.78 is 50.6. The first kappa shape index (κ1) is 15.9. The molecule has 108 valence electrons. The van der Waals surface area contributed by atoms with Crippen molar-refractivity contribution in [3.8, 4) is 0 Å². The smallest absolute Gasteiger partial charge is 0.242 e. The SMILES string of the molecule is CCS(=O)(=O)Nc1ccc(C)c(S(=O)(=O)N(C)C)c1. The van der Waals surface area contributed by atoms with Gasteiger partial charge in [-0.05, 0) is 31.5 Å². The maximum absolute atomic E-state index is 12.1. The van der Waals surface area contributed by atoms with Crippen LogP contribution in [0.25, 0.3) is 0 Å². The van der Waals surface area contributed by atoms with Gasteiger partial charge in [-0.1, -0.05) is 6.07 Å². The third-order valence-electron chi connectivity index (χ3n) is 2.60. The molecule has 0 fully saturated rings. The molecule has 1 aromatic carbocycles. The second-order valence-electron chi connectivity index (χ2n) is 4.27. The average molecular weight is 306 g/mol. The van der Waals surface area contributed by atoms with E-state index < -0.39 is 20.0 Å². The molecule has 0 saturated heterocycles. The highest BCUT2D eigenvalue weighted by atomic mass is 32.2. The molecule has 0 amide bonds. The lowest BCUT2D eigenvalue weighted by molar-refractivity contribution is 0.520. The molecule has 0 aliphatic rings. The number of hydrogen-bond donors (Lipinski definition) is 1. The molecule has 0 atom stereocenters. The minimum absolute atomic E-state index is 0.0728. The Balaban J connectivity index is 3.31. The third-order valence-corrected chi connectivity index (χ3v) is 5.86. The van der Waals surface area contributed by atoms with Gasteiger partial charge in [0.25, 0.3) is 0 Å². The van der Waals surface area contributed by atoms with Crippen molar-refractivity contribution in [3.05, 3.63) is 23.8 Å². The van der Waals surface area contributed by atoms with Gasteiger partial charge in [0.15, 0.2) is 0 Å². The Morgan fingerprint density at radius 2 is 1.74 bits per heavy atom. The minimum Gasteiger partial charge on any atom is -0.284 e. The molecule has 0 aliphatic heterocycles. The third kappa shape index (κ3) is 3.68. The lowest BCUT2D eigenvalue weighted by atomic mass is 10.2.